The number of carbonyl (C=O) groups excluding carboxylic acids is 1. The van der Waals surface area contributed by atoms with Crippen molar-refractivity contribution >= 4 is 5.97 Å². The minimum absolute atomic E-state index is 0.0430. The Labute approximate surface area is 156 Å². The first-order valence-electron chi connectivity index (χ1n) is 10.4. The summed E-state index contributed by atoms with van der Waals surface area (Å²) in [4.78, 5) is 15.8. The van der Waals surface area contributed by atoms with E-state index >= 15 is 0 Å². The molecule has 0 aromatic heterocycles. The van der Waals surface area contributed by atoms with E-state index in [1.165, 1.54) is 0 Å². The van der Waals surface area contributed by atoms with Gasteiger partial charge in [0.2, 0.25) is 0 Å². The molecule has 5 rings (SSSR count). The summed E-state index contributed by atoms with van der Waals surface area (Å²) >= 11 is 0. The van der Waals surface area contributed by atoms with Crippen LogP contribution in [0.15, 0.2) is 30.3 Å². The molecular formula is C22H31NO3. The summed E-state index contributed by atoms with van der Waals surface area (Å²) < 4.78 is 6.13. The van der Waals surface area contributed by atoms with Gasteiger partial charge in [0.05, 0.1) is 0 Å². The summed E-state index contributed by atoms with van der Waals surface area (Å²) in [6.45, 7) is 4.40. The Bertz CT molecular complexity index is 620. The van der Waals surface area contributed by atoms with Crippen molar-refractivity contribution in [3.8, 4) is 0 Å². The van der Waals surface area contributed by atoms with E-state index in [0.29, 0.717) is 17.5 Å². The number of nitrogens with zero attached hydrogens (tertiary/aromatic N) is 1. The lowest BCUT2D eigenvalue weighted by atomic mass is 9.78. The highest BCUT2D eigenvalue weighted by atomic mass is 16.6. The van der Waals surface area contributed by atoms with Gasteiger partial charge >= 0.3 is 5.97 Å². The predicted octanol–water partition coefficient (Wildman–Crippen LogP) is 3.48. The molecule has 3 heterocycles. The van der Waals surface area contributed by atoms with Gasteiger partial charge in [-0.25, -0.2) is 4.79 Å². The molecule has 4 aliphatic rings. The highest BCUT2D eigenvalue weighted by molar-refractivity contribution is 5.82. The van der Waals surface area contributed by atoms with E-state index < -0.39 is 11.6 Å². The number of benzene rings is 1. The molecule has 26 heavy (non-hydrogen) atoms. The highest BCUT2D eigenvalue weighted by Crippen LogP contribution is 2.43. The quantitative estimate of drug-likeness (QED) is 0.820. The molecule has 3 unspecified atom stereocenters. The number of fused-ring (bicyclic) bond motifs is 3. The Kier molecular flexibility index (Phi) is 5.07. The third-order valence-electron chi connectivity index (χ3n) is 7.02. The van der Waals surface area contributed by atoms with E-state index in [1.54, 1.807) is 0 Å². The van der Waals surface area contributed by atoms with Crippen molar-refractivity contribution in [2.45, 2.75) is 69.6 Å². The van der Waals surface area contributed by atoms with Crippen LogP contribution in [0.5, 0.6) is 0 Å². The van der Waals surface area contributed by atoms with Gasteiger partial charge in [0.15, 0.2) is 5.60 Å². The van der Waals surface area contributed by atoms with Crippen LogP contribution >= 0.6 is 0 Å². The third-order valence-corrected chi connectivity index (χ3v) is 7.02. The molecule has 1 aliphatic carbocycles. The second-order valence-corrected chi connectivity index (χ2v) is 8.33. The van der Waals surface area contributed by atoms with Gasteiger partial charge in [-0.1, -0.05) is 50.1 Å². The van der Waals surface area contributed by atoms with Crippen LogP contribution in [-0.4, -0.2) is 41.2 Å². The average Bonchev–Trinajstić information content (AvgIpc) is 3.24. The third kappa shape index (κ3) is 2.97. The Morgan fingerprint density at radius 2 is 1.81 bits per heavy atom. The van der Waals surface area contributed by atoms with Crippen molar-refractivity contribution in [1.82, 2.24) is 4.90 Å². The van der Waals surface area contributed by atoms with Crippen molar-refractivity contribution in [1.29, 1.82) is 0 Å². The first kappa shape index (κ1) is 18.0. The SMILES string of the molecule is CCC1C(OC(=O)C(O)(c2ccccc2)C2CCCC2)C2CCN1CC2. The Hall–Kier alpha value is -1.39. The van der Waals surface area contributed by atoms with Gasteiger partial charge in [-0.3, -0.25) is 4.90 Å². The lowest BCUT2D eigenvalue weighted by Gasteiger charge is -2.50. The highest BCUT2D eigenvalue weighted by Gasteiger charge is 2.51. The van der Waals surface area contributed by atoms with Crippen LogP contribution in [0.4, 0.5) is 0 Å². The minimum atomic E-state index is -1.51. The molecule has 0 amide bonds. The van der Waals surface area contributed by atoms with Crippen LogP contribution in [0.2, 0.25) is 0 Å². The Balaban J connectivity index is 1.61. The first-order valence-corrected chi connectivity index (χ1v) is 10.4. The van der Waals surface area contributed by atoms with Crippen molar-refractivity contribution in [2.75, 3.05) is 13.1 Å². The number of carbonyl (C=O) groups is 1. The van der Waals surface area contributed by atoms with Crippen molar-refractivity contribution in [3.05, 3.63) is 35.9 Å². The van der Waals surface area contributed by atoms with Crippen LogP contribution in [0.1, 0.15) is 57.4 Å². The van der Waals surface area contributed by atoms with Crippen LogP contribution in [-0.2, 0) is 15.1 Å². The van der Waals surface area contributed by atoms with Gasteiger partial charge < -0.3 is 9.84 Å². The van der Waals surface area contributed by atoms with Crippen molar-refractivity contribution in [3.63, 3.8) is 0 Å². The minimum Gasteiger partial charge on any atom is -0.458 e. The average molecular weight is 357 g/mol. The molecule has 4 nitrogen and oxygen atoms in total. The van der Waals surface area contributed by atoms with Gasteiger partial charge in [0, 0.05) is 12.0 Å². The smallest absolute Gasteiger partial charge is 0.343 e. The zero-order valence-electron chi connectivity index (χ0n) is 15.8. The zero-order valence-corrected chi connectivity index (χ0v) is 15.8. The molecule has 4 fully saturated rings. The van der Waals surface area contributed by atoms with Crippen molar-refractivity contribution < 1.29 is 14.6 Å². The van der Waals surface area contributed by atoms with Crippen LogP contribution in [0.3, 0.4) is 0 Å². The molecule has 0 spiro atoms. The van der Waals surface area contributed by atoms with Crippen LogP contribution in [0.25, 0.3) is 0 Å². The second kappa shape index (κ2) is 7.32. The number of aliphatic hydroxyl groups is 1. The maximum absolute atomic E-state index is 13.4. The summed E-state index contributed by atoms with van der Waals surface area (Å²) in [6, 6.07) is 9.75. The van der Waals surface area contributed by atoms with Gasteiger partial charge in [0.1, 0.15) is 6.10 Å². The van der Waals surface area contributed by atoms with E-state index in [1.807, 2.05) is 30.3 Å². The fourth-order valence-electron chi connectivity index (χ4n) is 5.54. The molecular weight excluding hydrogens is 326 g/mol. The molecule has 1 N–H and O–H groups in total. The van der Waals surface area contributed by atoms with Gasteiger partial charge in [-0.05, 0) is 56.7 Å². The van der Waals surface area contributed by atoms with E-state index in [9.17, 15) is 9.90 Å². The monoisotopic (exact) mass is 357 g/mol. The Morgan fingerprint density at radius 3 is 2.42 bits per heavy atom. The van der Waals surface area contributed by atoms with Crippen LogP contribution in [0, 0.1) is 11.8 Å². The number of hydrogen-bond donors (Lipinski definition) is 1. The lowest BCUT2D eigenvalue weighted by molar-refractivity contribution is -0.194. The van der Waals surface area contributed by atoms with Gasteiger partial charge in [-0.15, -0.1) is 0 Å². The molecule has 0 radical (unpaired) electrons. The summed E-state index contributed by atoms with van der Waals surface area (Å²) in [5.41, 5.74) is -0.826. The van der Waals surface area contributed by atoms with Gasteiger partial charge in [-0.2, -0.15) is 0 Å². The van der Waals surface area contributed by atoms with Crippen molar-refractivity contribution in [2.24, 2.45) is 11.8 Å². The standard InChI is InChI=1S/C22H31NO3/c1-2-19-20(16-12-14-23(19)15-13-16)26-21(24)22(25,18-10-6-7-11-18)17-8-4-3-5-9-17/h3-5,8-9,16,18-20,25H,2,6-7,10-15H2,1H3. The van der Waals surface area contributed by atoms with E-state index in [0.717, 1.165) is 58.0 Å². The summed E-state index contributed by atoms with van der Waals surface area (Å²) in [6.07, 6.45) is 7.03. The molecule has 2 bridgehead atoms. The number of esters is 1. The maximum Gasteiger partial charge on any atom is 0.343 e. The maximum atomic E-state index is 13.4. The molecule has 4 heteroatoms. The molecule has 3 saturated heterocycles. The molecule has 3 aliphatic heterocycles. The number of ether oxygens (including phenoxy) is 1. The summed E-state index contributed by atoms with van der Waals surface area (Å²) in [5.74, 6) is -0.0242. The largest absolute Gasteiger partial charge is 0.458 e. The summed E-state index contributed by atoms with van der Waals surface area (Å²) in [5, 5.41) is 11.6. The van der Waals surface area contributed by atoms with E-state index in [-0.39, 0.29) is 12.0 Å². The number of piperidine rings is 3. The Morgan fingerprint density at radius 1 is 1.15 bits per heavy atom. The number of rotatable bonds is 5. The van der Waals surface area contributed by atoms with E-state index in [4.69, 9.17) is 4.74 Å². The summed E-state index contributed by atoms with van der Waals surface area (Å²) in [7, 11) is 0. The predicted molar refractivity (Wildman–Crippen MR) is 101 cm³/mol. The topological polar surface area (TPSA) is 49.8 Å². The molecule has 142 valence electrons. The second-order valence-electron chi connectivity index (χ2n) is 8.33. The molecule has 1 saturated carbocycles. The first-order chi connectivity index (χ1) is 12.6. The van der Waals surface area contributed by atoms with E-state index in [2.05, 4.69) is 11.8 Å². The number of hydrogen-bond acceptors (Lipinski definition) is 4. The molecule has 1 aromatic rings. The lowest BCUT2D eigenvalue weighted by Crippen LogP contribution is -2.60. The zero-order chi connectivity index (χ0) is 18.1. The molecule has 1 aromatic carbocycles. The fraction of sp³-hybridized carbons (Fsp3) is 0.682. The molecule has 3 atom stereocenters. The van der Waals surface area contributed by atoms with Gasteiger partial charge in [0.25, 0.3) is 0 Å². The van der Waals surface area contributed by atoms with Crippen LogP contribution < -0.4 is 0 Å². The normalized spacial score (nSPS) is 33.8. The fourth-order valence-corrected chi connectivity index (χ4v) is 5.54.